The lowest BCUT2D eigenvalue weighted by Gasteiger charge is -2.46. The molecule has 0 saturated heterocycles. The lowest BCUT2D eigenvalue weighted by atomic mass is 9.57. The van der Waals surface area contributed by atoms with Gasteiger partial charge in [0.15, 0.2) is 0 Å². The smallest absolute Gasteiger partial charge is 0.313 e. The lowest BCUT2D eigenvalue weighted by molar-refractivity contribution is -0.167. The summed E-state index contributed by atoms with van der Waals surface area (Å²) in [7, 11) is 0. The minimum atomic E-state index is -1.18. The fourth-order valence-electron chi connectivity index (χ4n) is 2.97. The molecule has 0 saturated carbocycles. The third kappa shape index (κ3) is 2.37. The van der Waals surface area contributed by atoms with Crippen molar-refractivity contribution >= 4 is 5.97 Å². The van der Waals surface area contributed by atoms with Gasteiger partial charge in [-0.25, -0.2) is 0 Å². The van der Waals surface area contributed by atoms with Crippen LogP contribution in [0.25, 0.3) is 0 Å². The molecule has 2 unspecified atom stereocenters. The molecule has 0 aromatic rings. The van der Waals surface area contributed by atoms with E-state index in [2.05, 4.69) is 6.58 Å². The molecule has 0 aromatic heterocycles. The minimum absolute atomic E-state index is 0.356. The number of allylic oxidation sites excluding steroid dienone is 2. The van der Waals surface area contributed by atoms with Crippen LogP contribution < -0.4 is 0 Å². The molecule has 0 fully saturated rings. The van der Waals surface area contributed by atoms with Crippen molar-refractivity contribution < 1.29 is 15.0 Å². The van der Waals surface area contributed by atoms with Crippen LogP contribution in [0.4, 0.5) is 0 Å². The molecule has 3 nitrogen and oxygen atoms in total. The number of carbonyl (C=O) groups is 1. The zero-order chi connectivity index (χ0) is 14.0. The lowest BCUT2D eigenvalue weighted by Crippen LogP contribution is -2.52. The molecule has 2 atom stereocenters. The molecular formula is C15H24O3. The molecule has 0 amide bonds. The maximum absolute atomic E-state index is 11.8. The summed E-state index contributed by atoms with van der Waals surface area (Å²) in [5, 5.41) is 19.9. The number of aliphatic carboxylic acids is 1. The van der Waals surface area contributed by atoms with Crippen molar-refractivity contribution in [2.45, 2.75) is 52.6 Å². The number of aliphatic hydroxyl groups is 1. The molecule has 18 heavy (non-hydrogen) atoms. The number of rotatable bonds is 3. The van der Waals surface area contributed by atoms with E-state index in [1.165, 1.54) is 11.6 Å². The van der Waals surface area contributed by atoms with E-state index in [0.717, 1.165) is 19.3 Å². The zero-order valence-electron chi connectivity index (χ0n) is 11.6. The van der Waals surface area contributed by atoms with Gasteiger partial charge in [-0.1, -0.05) is 31.6 Å². The summed E-state index contributed by atoms with van der Waals surface area (Å²) in [5.74, 6) is -0.939. The highest BCUT2D eigenvalue weighted by Crippen LogP contribution is 2.50. The van der Waals surface area contributed by atoms with Gasteiger partial charge in [0.2, 0.25) is 0 Å². The second-order valence-corrected chi connectivity index (χ2v) is 5.95. The number of hydrogen-bond acceptors (Lipinski definition) is 2. The first-order valence-corrected chi connectivity index (χ1v) is 6.47. The van der Waals surface area contributed by atoms with Gasteiger partial charge in [-0.3, -0.25) is 4.79 Å². The van der Waals surface area contributed by atoms with Crippen LogP contribution in [0.1, 0.15) is 46.5 Å². The van der Waals surface area contributed by atoms with Gasteiger partial charge < -0.3 is 10.2 Å². The van der Waals surface area contributed by atoms with Gasteiger partial charge in [-0.05, 0) is 38.0 Å². The highest BCUT2D eigenvalue weighted by atomic mass is 16.4. The van der Waals surface area contributed by atoms with Crippen LogP contribution in [0.3, 0.4) is 0 Å². The Hall–Kier alpha value is -1.09. The highest BCUT2D eigenvalue weighted by Gasteiger charge is 2.54. The molecule has 0 spiro atoms. The van der Waals surface area contributed by atoms with Crippen LogP contribution in [0.2, 0.25) is 0 Å². The largest absolute Gasteiger partial charge is 0.481 e. The normalized spacial score (nSPS) is 32.6. The van der Waals surface area contributed by atoms with E-state index in [9.17, 15) is 15.0 Å². The van der Waals surface area contributed by atoms with Crippen molar-refractivity contribution in [1.82, 2.24) is 0 Å². The Balaban J connectivity index is 3.34. The Morgan fingerprint density at radius 2 is 2.17 bits per heavy atom. The van der Waals surface area contributed by atoms with Crippen molar-refractivity contribution in [2.24, 2.45) is 10.8 Å². The fraction of sp³-hybridized carbons (Fsp3) is 0.667. The quantitative estimate of drug-likeness (QED) is 0.759. The van der Waals surface area contributed by atoms with Gasteiger partial charge in [0, 0.05) is 0 Å². The number of carboxylic acid groups (broad SMARTS) is 1. The molecule has 102 valence electrons. The Bertz CT molecular complexity index is 368. The van der Waals surface area contributed by atoms with Crippen molar-refractivity contribution in [1.29, 1.82) is 0 Å². The molecule has 0 heterocycles. The van der Waals surface area contributed by atoms with Crippen LogP contribution in [0, 0.1) is 10.8 Å². The van der Waals surface area contributed by atoms with Gasteiger partial charge in [-0.15, -0.1) is 6.58 Å². The van der Waals surface area contributed by atoms with Gasteiger partial charge in [0.05, 0.1) is 6.10 Å². The number of aliphatic hydroxyl groups excluding tert-OH is 1. The van der Waals surface area contributed by atoms with Crippen molar-refractivity contribution in [2.75, 3.05) is 0 Å². The molecule has 3 heteroatoms. The summed E-state index contributed by atoms with van der Waals surface area (Å²) in [5.41, 5.74) is -0.451. The van der Waals surface area contributed by atoms with E-state index < -0.39 is 22.9 Å². The summed E-state index contributed by atoms with van der Waals surface area (Å²) in [6.07, 6.45) is 5.37. The van der Waals surface area contributed by atoms with Gasteiger partial charge in [0.25, 0.3) is 0 Å². The molecule has 0 aromatic carbocycles. The predicted molar refractivity (Wildman–Crippen MR) is 72.3 cm³/mol. The van der Waals surface area contributed by atoms with E-state index in [1.807, 2.05) is 26.8 Å². The van der Waals surface area contributed by atoms with E-state index in [0.29, 0.717) is 6.42 Å². The standard InChI is InChI=1S/C15H24O3/c1-5-12(16)15(13(17)18)10-8-11(2)7-6-9-14(15,3)4/h5,8,12,16H,1,6-7,9-10H2,2-4H3,(H,17,18)/b11-8-. The summed E-state index contributed by atoms with van der Waals surface area (Å²) in [6, 6.07) is 0. The second kappa shape index (κ2) is 5.27. The van der Waals surface area contributed by atoms with Crippen LogP contribution in [0.5, 0.6) is 0 Å². The third-order valence-electron chi connectivity index (χ3n) is 4.46. The van der Waals surface area contributed by atoms with E-state index in [4.69, 9.17) is 0 Å². The van der Waals surface area contributed by atoms with Crippen LogP contribution in [0.15, 0.2) is 24.3 Å². The van der Waals surface area contributed by atoms with Crippen molar-refractivity contribution in [3.8, 4) is 0 Å². The first-order chi connectivity index (χ1) is 8.28. The molecular weight excluding hydrogens is 228 g/mol. The topological polar surface area (TPSA) is 57.5 Å². The van der Waals surface area contributed by atoms with E-state index >= 15 is 0 Å². The Morgan fingerprint density at radius 1 is 1.56 bits per heavy atom. The van der Waals surface area contributed by atoms with Crippen molar-refractivity contribution in [3.05, 3.63) is 24.3 Å². The van der Waals surface area contributed by atoms with Crippen molar-refractivity contribution in [3.63, 3.8) is 0 Å². The minimum Gasteiger partial charge on any atom is -0.481 e. The first kappa shape index (κ1) is 15.0. The summed E-state index contributed by atoms with van der Waals surface area (Å²) < 4.78 is 0. The maximum Gasteiger partial charge on any atom is 0.313 e. The van der Waals surface area contributed by atoms with Gasteiger partial charge in [0.1, 0.15) is 5.41 Å². The Kier molecular flexibility index (Phi) is 4.38. The predicted octanol–water partition coefficient (Wildman–Crippen LogP) is 3.15. The monoisotopic (exact) mass is 252 g/mol. The highest BCUT2D eigenvalue weighted by molar-refractivity contribution is 5.77. The summed E-state index contributed by atoms with van der Waals surface area (Å²) in [6.45, 7) is 9.45. The van der Waals surface area contributed by atoms with Crippen LogP contribution >= 0.6 is 0 Å². The van der Waals surface area contributed by atoms with Crippen LogP contribution in [-0.2, 0) is 4.79 Å². The molecule has 1 aliphatic rings. The second-order valence-electron chi connectivity index (χ2n) is 5.95. The summed E-state index contributed by atoms with van der Waals surface area (Å²) >= 11 is 0. The molecule has 2 N–H and O–H groups in total. The van der Waals surface area contributed by atoms with E-state index in [-0.39, 0.29) is 0 Å². The maximum atomic E-state index is 11.8. The first-order valence-electron chi connectivity index (χ1n) is 6.47. The SMILES string of the molecule is C=CC(O)C1(C(=O)O)C/C=C(/C)CCCC1(C)C. The Labute approximate surface area is 109 Å². The van der Waals surface area contributed by atoms with Gasteiger partial charge >= 0.3 is 5.97 Å². The van der Waals surface area contributed by atoms with Gasteiger partial charge in [-0.2, -0.15) is 0 Å². The van der Waals surface area contributed by atoms with E-state index in [1.54, 1.807) is 0 Å². The Morgan fingerprint density at radius 3 is 2.67 bits per heavy atom. The van der Waals surface area contributed by atoms with Crippen LogP contribution in [-0.4, -0.2) is 22.3 Å². The zero-order valence-corrected chi connectivity index (χ0v) is 11.6. The summed E-state index contributed by atoms with van der Waals surface area (Å²) in [4.78, 5) is 11.8. The average Bonchev–Trinajstić information content (AvgIpc) is 2.26. The molecule has 1 aliphatic carbocycles. The third-order valence-corrected chi connectivity index (χ3v) is 4.46. The molecule has 0 aliphatic heterocycles. The fourth-order valence-corrected chi connectivity index (χ4v) is 2.97. The molecule has 0 bridgehead atoms. The molecule has 0 radical (unpaired) electrons. The number of carboxylic acids is 1. The average molecular weight is 252 g/mol. The molecule has 1 rings (SSSR count). The number of hydrogen-bond donors (Lipinski definition) is 2.